The maximum atomic E-state index is 13.3. The van der Waals surface area contributed by atoms with Crippen molar-refractivity contribution in [2.45, 2.75) is 65.1 Å². The van der Waals surface area contributed by atoms with Gasteiger partial charge >= 0.3 is 0 Å². The molecule has 1 aliphatic carbocycles. The Hall–Kier alpha value is -3.42. The lowest BCUT2D eigenvalue weighted by atomic mass is 9.95. The quantitative estimate of drug-likeness (QED) is 0.568. The molecule has 2 heterocycles. The molecule has 2 N–H and O–H groups in total. The number of anilines is 2. The number of aryl methyl sites for hydroxylation is 1. The molecule has 1 aliphatic rings. The van der Waals surface area contributed by atoms with Crippen LogP contribution in [0.15, 0.2) is 36.7 Å². The number of carbonyl (C=O) groups excluding carboxylic acids is 2. The molecule has 8 heteroatoms. The second-order valence-corrected chi connectivity index (χ2v) is 8.61. The van der Waals surface area contributed by atoms with Crippen LogP contribution in [0.4, 0.5) is 11.4 Å². The molecule has 0 radical (unpaired) electrons. The number of nitrogens with one attached hydrogen (secondary N) is 2. The summed E-state index contributed by atoms with van der Waals surface area (Å²) >= 11 is 0. The first kappa shape index (κ1) is 22.8. The summed E-state index contributed by atoms with van der Waals surface area (Å²) in [5.41, 5.74) is 3.75. The summed E-state index contributed by atoms with van der Waals surface area (Å²) < 4.78 is 1.84. The van der Waals surface area contributed by atoms with E-state index in [9.17, 15) is 9.59 Å². The number of nitrogens with zero attached hydrogens (tertiary/aromatic N) is 4. The van der Waals surface area contributed by atoms with E-state index >= 15 is 0 Å². The molecule has 1 fully saturated rings. The molecule has 0 spiro atoms. The number of hydrogen-bond donors (Lipinski definition) is 2. The minimum absolute atomic E-state index is 0.0599. The number of benzene rings is 1. The van der Waals surface area contributed by atoms with Gasteiger partial charge in [0.1, 0.15) is 0 Å². The zero-order valence-corrected chi connectivity index (χ0v) is 19.6. The van der Waals surface area contributed by atoms with Gasteiger partial charge < -0.3 is 15.5 Å². The highest BCUT2D eigenvalue weighted by atomic mass is 16.2. The van der Waals surface area contributed by atoms with Gasteiger partial charge in [-0.1, -0.05) is 37.5 Å². The van der Waals surface area contributed by atoms with Crippen LogP contribution in [0.2, 0.25) is 0 Å². The van der Waals surface area contributed by atoms with E-state index in [-0.39, 0.29) is 11.8 Å². The molecule has 0 atom stereocenters. The van der Waals surface area contributed by atoms with Crippen molar-refractivity contribution in [3.8, 4) is 0 Å². The Kier molecular flexibility index (Phi) is 6.91. The van der Waals surface area contributed by atoms with Gasteiger partial charge in [0, 0.05) is 45.0 Å². The highest BCUT2D eigenvalue weighted by molar-refractivity contribution is 6.06. The predicted molar refractivity (Wildman–Crippen MR) is 130 cm³/mol. The normalized spacial score (nSPS) is 14.3. The third-order valence-electron chi connectivity index (χ3n) is 6.43. The van der Waals surface area contributed by atoms with Gasteiger partial charge in [0.25, 0.3) is 5.91 Å². The highest BCUT2D eigenvalue weighted by Gasteiger charge is 2.22. The number of aromatic nitrogens is 3. The van der Waals surface area contributed by atoms with E-state index < -0.39 is 0 Å². The van der Waals surface area contributed by atoms with Crippen LogP contribution < -0.4 is 15.5 Å². The fourth-order valence-corrected chi connectivity index (χ4v) is 4.46. The summed E-state index contributed by atoms with van der Waals surface area (Å²) in [5.74, 6) is -0.262. The molecule has 0 saturated heterocycles. The molecule has 33 heavy (non-hydrogen) atoms. The van der Waals surface area contributed by atoms with Crippen molar-refractivity contribution < 1.29 is 9.59 Å². The van der Waals surface area contributed by atoms with E-state index in [4.69, 9.17) is 0 Å². The van der Waals surface area contributed by atoms with E-state index in [1.165, 1.54) is 26.2 Å². The van der Waals surface area contributed by atoms with Gasteiger partial charge in [-0.3, -0.25) is 9.59 Å². The lowest BCUT2D eigenvalue weighted by Gasteiger charge is -2.25. The van der Waals surface area contributed by atoms with Gasteiger partial charge in [0.15, 0.2) is 5.65 Å². The first-order valence-electron chi connectivity index (χ1n) is 11.7. The number of pyridine rings is 1. The van der Waals surface area contributed by atoms with Crippen LogP contribution in [0.25, 0.3) is 11.0 Å². The van der Waals surface area contributed by atoms with Crippen LogP contribution in [0, 0.1) is 0 Å². The Labute approximate surface area is 194 Å². The fourth-order valence-electron chi connectivity index (χ4n) is 4.46. The summed E-state index contributed by atoms with van der Waals surface area (Å²) in [6.07, 6.45) is 9.29. The van der Waals surface area contributed by atoms with Crippen molar-refractivity contribution in [2.24, 2.45) is 0 Å². The van der Waals surface area contributed by atoms with Crippen LogP contribution in [-0.4, -0.2) is 39.7 Å². The SMILES string of the molecule is CCn1ncc2c(NC3CCCCC3)c(C(=O)NCc3ccccc3N(C)C(C)=O)cnc21. The Morgan fingerprint density at radius 3 is 2.64 bits per heavy atom. The predicted octanol–water partition coefficient (Wildman–Crippen LogP) is 4.11. The lowest BCUT2D eigenvalue weighted by molar-refractivity contribution is -0.116. The minimum Gasteiger partial charge on any atom is -0.381 e. The molecule has 0 bridgehead atoms. The first-order valence-corrected chi connectivity index (χ1v) is 11.7. The fraction of sp³-hybridized carbons (Fsp3) is 0.440. The van der Waals surface area contributed by atoms with Crippen LogP contribution in [0.1, 0.15) is 61.9 Å². The standard InChI is InChI=1S/C25H32N6O2/c1-4-31-24-20(16-28-31)23(29-19-11-6-5-7-12-19)21(15-26-24)25(33)27-14-18-10-8-9-13-22(18)30(3)17(2)32/h8-10,13,15-16,19H,4-7,11-12,14H2,1-3H3,(H,26,29)(H,27,33). The molecular formula is C25H32N6O2. The second kappa shape index (κ2) is 10.0. The van der Waals surface area contributed by atoms with Gasteiger partial charge in [-0.25, -0.2) is 9.67 Å². The number of fused-ring (bicyclic) bond motifs is 1. The number of rotatable bonds is 7. The number of para-hydroxylation sites is 1. The largest absolute Gasteiger partial charge is 0.381 e. The molecule has 8 nitrogen and oxygen atoms in total. The smallest absolute Gasteiger partial charge is 0.255 e. The van der Waals surface area contributed by atoms with Crippen molar-refractivity contribution >= 4 is 34.2 Å². The van der Waals surface area contributed by atoms with Crippen molar-refractivity contribution in [1.29, 1.82) is 0 Å². The number of amides is 2. The molecular weight excluding hydrogens is 416 g/mol. The van der Waals surface area contributed by atoms with Crippen LogP contribution >= 0.6 is 0 Å². The molecule has 4 rings (SSSR count). The Bertz CT molecular complexity index is 1150. The van der Waals surface area contributed by atoms with Crippen LogP contribution in [0.5, 0.6) is 0 Å². The summed E-state index contributed by atoms with van der Waals surface area (Å²) in [4.78, 5) is 31.3. The maximum absolute atomic E-state index is 13.3. The average Bonchev–Trinajstić information content (AvgIpc) is 3.26. The minimum atomic E-state index is -0.202. The molecule has 2 aromatic heterocycles. The van der Waals surface area contributed by atoms with E-state index in [1.54, 1.807) is 24.3 Å². The zero-order valence-electron chi connectivity index (χ0n) is 19.6. The topological polar surface area (TPSA) is 92.2 Å². The van der Waals surface area contributed by atoms with Crippen molar-refractivity contribution in [1.82, 2.24) is 20.1 Å². The summed E-state index contributed by atoms with van der Waals surface area (Å²) in [5, 5.41) is 12.0. The molecule has 0 unspecified atom stereocenters. The average molecular weight is 449 g/mol. The van der Waals surface area contributed by atoms with E-state index in [0.29, 0.717) is 24.7 Å². The van der Waals surface area contributed by atoms with Gasteiger partial charge in [-0.2, -0.15) is 5.10 Å². The Morgan fingerprint density at radius 2 is 1.91 bits per heavy atom. The van der Waals surface area contributed by atoms with E-state index in [2.05, 4.69) is 20.7 Å². The Morgan fingerprint density at radius 1 is 1.15 bits per heavy atom. The third-order valence-corrected chi connectivity index (χ3v) is 6.43. The molecule has 174 valence electrons. The number of carbonyl (C=O) groups is 2. The molecule has 0 aliphatic heterocycles. The van der Waals surface area contributed by atoms with Crippen LogP contribution in [-0.2, 0) is 17.9 Å². The van der Waals surface area contributed by atoms with Crippen molar-refractivity contribution in [3.63, 3.8) is 0 Å². The highest BCUT2D eigenvalue weighted by Crippen LogP contribution is 2.30. The summed E-state index contributed by atoms with van der Waals surface area (Å²) in [6.45, 7) is 4.57. The summed E-state index contributed by atoms with van der Waals surface area (Å²) in [7, 11) is 1.73. The van der Waals surface area contributed by atoms with Gasteiger partial charge in [0.05, 0.1) is 22.8 Å². The van der Waals surface area contributed by atoms with Gasteiger partial charge in [0.2, 0.25) is 5.91 Å². The number of hydrogen-bond acceptors (Lipinski definition) is 5. The molecule has 1 aromatic carbocycles. The molecule has 1 saturated carbocycles. The van der Waals surface area contributed by atoms with E-state index in [0.717, 1.165) is 40.8 Å². The second-order valence-electron chi connectivity index (χ2n) is 8.61. The lowest BCUT2D eigenvalue weighted by Crippen LogP contribution is -2.29. The zero-order chi connectivity index (χ0) is 23.4. The van der Waals surface area contributed by atoms with Gasteiger partial charge in [-0.15, -0.1) is 0 Å². The third kappa shape index (κ3) is 4.84. The maximum Gasteiger partial charge on any atom is 0.255 e. The van der Waals surface area contributed by atoms with Gasteiger partial charge in [-0.05, 0) is 31.4 Å². The molecule has 3 aromatic rings. The van der Waals surface area contributed by atoms with Crippen molar-refractivity contribution in [2.75, 3.05) is 17.3 Å². The first-order chi connectivity index (χ1) is 16.0. The van der Waals surface area contributed by atoms with E-state index in [1.807, 2.05) is 35.9 Å². The summed E-state index contributed by atoms with van der Waals surface area (Å²) in [6, 6.07) is 7.93. The monoisotopic (exact) mass is 448 g/mol. The molecule has 2 amide bonds. The van der Waals surface area contributed by atoms with Crippen LogP contribution in [0.3, 0.4) is 0 Å². The Balaban J connectivity index is 1.62. The van der Waals surface area contributed by atoms with Crippen molar-refractivity contribution in [3.05, 3.63) is 47.8 Å².